The first kappa shape index (κ1) is 24.8. The van der Waals surface area contributed by atoms with Gasteiger partial charge < -0.3 is 10.2 Å². The summed E-state index contributed by atoms with van der Waals surface area (Å²) in [6, 6.07) is 39.9. The predicted octanol–water partition coefficient (Wildman–Crippen LogP) is 8.14. The lowest BCUT2D eigenvalue weighted by atomic mass is 9.68. The van der Waals surface area contributed by atoms with Gasteiger partial charge in [-0.05, 0) is 79.9 Å². The van der Waals surface area contributed by atoms with Crippen molar-refractivity contribution < 1.29 is 19.8 Å². The van der Waals surface area contributed by atoms with Crippen LogP contribution < -0.4 is 0 Å². The smallest absolute Gasteiger partial charge is 0.336 e. The van der Waals surface area contributed by atoms with E-state index in [4.69, 9.17) is 0 Å². The minimum atomic E-state index is -0.941. The molecule has 4 nitrogen and oxygen atoms in total. The van der Waals surface area contributed by atoms with Gasteiger partial charge >= 0.3 is 11.9 Å². The van der Waals surface area contributed by atoms with Crippen LogP contribution >= 0.6 is 0 Å². The fourth-order valence-electron chi connectivity index (χ4n) is 6.94. The summed E-state index contributed by atoms with van der Waals surface area (Å²) in [4.78, 5) is 24.1. The van der Waals surface area contributed by atoms with Crippen LogP contribution in [0.2, 0.25) is 0 Å². The molecule has 6 aromatic carbocycles. The highest BCUT2D eigenvalue weighted by atomic mass is 16.4. The molecule has 0 radical (unpaired) electrons. The standard InChI is InChI=1S/C37H26O4/c38-35(39)31-17-7-13-25-23(9-5-15-27(25)31)21-37(33-19-3-1-11-29(33)30-12-2-4-20-34(30)37)22-24-10-6-16-28-26(24)14-8-18-32(28)36(40)41/h1-20H,21-22H2,(H,38,39)(H,40,41). The summed E-state index contributed by atoms with van der Waals surface area (Å²) in [5.41, 5.74) is 7.10. The van der Waals surface area contributed by atoms with Crippen LogP contribution in [0.25, 0.3) is 32.7 Å². The first-order chi connectivity index (χ1) is 20.0. The van der Waals surface area contributed by atoms with E-state index in [0.29, 0.717) is 24.0 Å². The summed E-state index contributed by atoms with van der Waals surface area (Å²) in [5.74, 6) is -1.88. The molecule has 1 aliphatic rings. The number of hydrogen-bond donors (Lipinski definition) is 2. The Bertz CT molecular complexity index is 1870. The van der Waals surface area contributed by atoms with Crippen LogP contribution in [0.3, 0.4) is 0 Å². The molecule has 0 fully saturated rings. The van der Waals surface area contributed by atoms with E-state index in [1.54, 1.807) is 12.1 Å². The van der Waals surface area contributed by atoms with Gasteiger partial charge in [0.1, 0.15) is 0 Å². The Morgan fingerprint density at radius 2 is 0.854 bits per heavy atom. The molecule has 0 atom stereocenters. The molecule has 0 aromatic heterocycles. The summed E-state index contributed by atoms with van der Waals surface area (Å²) < 4.78 is 0. The van der Waals surface area contributed by atoms with Gasteiger partial charge in [-0.1, -0.05) is 109 Å². The summed E-state index contributed by atoms with van der Waals surface area (Å²) in [7, 11) is 0. The van der Waals surface area contributed by atoms with Gasteiger partial charge in [-0.25, -0.2) is 9.59 Å². The largest absolute Gasteiger partial charge is 0.478 e. The average Bonchev–Trinajstić information content (AvgIpc) is 3.26. The number of aromatic carboxylic acids is 2. The Hall–Kier alpha value is -5.22. The molecule has 0 amide bonds. The van der Waals surface area contributed by atoms with E-state index >= 15 is 0 Å². The van der Waals surface area contributed by atoms with E-state index in [0.717, 1.165) is 32.7 Å². The van der Waals surface area contributed by atoms with Crippen molar-refractivity contribution in [2.75, 3.05) is 0 Å². The molecule has 0 aliphatic heterocycles. The second kappa shape index (κ2) is 9.46. The Kier molecular flexibility index (Phi) is 5.72. The second-order valence-corrected chi connectivity index (χ2v) is 10.8. The number of carbonyl (C=O) groups is 2. The molecule has 1 aliphatic carbocycles. The molecule has 41 heavy (non-hydrogen) atoms. The van der Waals surface area contributed by atoms with Gasteiger partial charge in [-0.3, -0.25) is 0 Å². The van der Waals surface area contributed by atoms with Gasteiger partial charge in [0.2, 0.25) is 0 Å². The second-order valence-electron chi connectivity index (χ2n) is 10.8. The van der Waals surface area contributed by atoms with E-state index in [1.807, 2.05) is 48.5 Å². The summed E-state index contributed by atoms with van der Waals surface area (Å²) >= 11 is 0. The molecule has 0 saturated carbocycles. The van der Waals surface area contributed by atoms with E-state index in [2.05, 4.69) is 60.7 Å². The van der Waals surface area contributed by atoms with Crippen LogP contribution in [0, 0.1) is 0 Å². The van der Waals surface area contributed by atoms with Gasteiger partial charge in [-0.2, -0.15) is 0 Å². The Morgan fingerprint density at radius 3 is 1.29 bits per heavy atom. The predicted molar refractivity (Wildman–Crippen MR) is 162 cm³/mol. The van der Waals surface area contributed by atoms with Gasteiger partial charge in [0, 0.05) is 5.41 Å². The maximum absolute atomic E-state index is 12.1. The quantitative estimate of drug-likeness (QED) is 0.226. The molecule has 4 heteroatoms. The van der Waals surface area contributed by atoms with Crippen molar-refractivity contribution in [3.8, 4) is 11.1 Å². The topological polar surface area (TPSA) is 74.6 Å². The number of carboxylic acids is 2. The van der Waals surface area contributed by atoms with Crippen molar-refractivity contribution in [3.63, 3.8) is 0 Å². The average molecular weight is 535 g/mol. The van der Waals surface area contributed by atoms with Crippen molar-refractivity contribution in [2.45, 2.75) is 18.3 Å². The SMILES string of the molecule is O=C(O)c1cccc2c(CC3(Cc4cccc5c(C(=O)O)cccc45)c4ccccc4-c4ccccc43)cccc12. The van der Waals surface area contributed by atoms with Crippen LogP contribution in [-0.2, 0) is 18.3 Å². The van der Waals surface area contributed by atoms with Crippen molar-refractivity contribution in [1.29, 1.82) is 0 Å². The lowest BCUT2D eigenvalue weighted by Gasteiger charge is -2.34. The van der Waals surface area contributed by atoms with E-state index in [-0.39, 0.29) is 0 Å². The molecule has 0 heterocycles. The third-order valence-corrected chi connectivity index (χ3v) is 8.65. The molecular weight excluding hydrogens is 508 g/mol. The third-order valence-electron chi connectivity index (χ3n) is 8.65. The van der Waals surface area contributed by atoms with Gasteiger partial charge in [0.15, 0.2) is 0 Å². The van der Waals surface area contributed by atoms with Crippen LogP contribution in [0.5, 0.6) is 0 Å². The third kappa shape index (κ3) is 3.83. The molecule has 0 bridgehead atoms. The highest BCUT2D eigenvalue weighted by molar-refractivity contribution is 6.05. The van der Waals surface area contributed by atoms with Crippen LogP contribution in [-0.4, -0.2) is 22.2 Å². The number of hydrogen-bond acceptors (Lipinski definition) is 2. The molecule has 6 aromatic rings. The summed E-state index contributed by atoms with van der Waals surface area (Å²) in [6.45, 7) is 0. The molecular formula is C37H26O4. The van der Waals surface area contributed by atoms with E-state index in [1.165, 1.54) is 22.3 Å². The minimum absolute atomic E-state index is 0.292. The maximum atomic E-state index is 12.1. The molecule has 0 spiro atoms. The Labute approximate surface area is 237 Å². The van der Waals surface area contributed by atoms with Crippen LogP contribution in [0.15, 0.2) is 121 Å². The number of fused-ring (bicyclic) bond motifs is 5. The van der Waals surface area contributed by atoms with Crippen LogP contribution in [0.1, 0.15) is 43.0 Å². The lowest BCUT2D eigenvalue weighted by molar-refractivity contribution is 0.0688. The normalized spacial score (nSPS) is 13.2. The van der Waals surface area contributed by atoms with Crippen molar-refractivity contribution in [3.05, 3.63) is 155 Å². The number of carboxylic acid groups (broad SMARTS) is 2. The highest BCUT2D eigenvalue weighted by Crippen LogP contribution is 2.53. The monoisotopic (exact) mass is 534 g/mol. The van der Waals surface area contributed by atoms with Gasteiger partial charge in [-0.15, -0.1) is 0 Å². The zero-order valence-corrected chi connectivity index (χ0v) is 22.2. The molecule has 0 unspecified atom stereocenters. The Morgan fingerprint density at radius 1 is 0.463 bits per heavy atom. The van der Waals surface area contributed by atoms with Crippen LogP contribution in [0.4, 0.5) is 0 Å². The van der Waals surface area contributed by atoms with Crippen molar-refractivity contribution >= 4 is 33.5 Å². The highest BCUT2D eigenvalue weighted by Gasteiger charge is 2.43. The minimum Gasteiger partial charge on any atom is -0.478 e. The lowest BCUT2D eigenvalue weighted by Crippen LogP contribution is -2.31. The zero-order chi connectivity index (χ0) is 28.1. The molecule has 198 valence electrons. The Balaban J connectivity index is 1.50. The first-order valence-corrected chi connectivity index (χ1v) is 13.7. The van der Waals surface area contributed by atoms with E-state index in [9.17, 15) is 19.8 Å². The fourth-order valence-corrected chi connectivity index (χ4v) is 6.94. The first-order valence-electron chi connectivity index (χ1n) is 13.7. The van der Waals surface area contributed by atoms with E-state index < -0.39 is 17.4 Å². The van der Waals surface area contributed by atoms with Gasteiger partial charge in [0.05, 0.1) is 11.1 Å². The fraction of sp³-hybridized carbons (Fsp3) is 0.0811. The number of rotatable bonds is 6. The summed E-state index contributed by atoms with van der Waals surface area (Å²) in [5, 5.41) is 23.1. The molecule has 7 rings (SSSR count). The van der Waals surface area contributed by atoms with Crippen molar-refractivity contribution in [1.82, 2.24) is 0 Å². The molecule has 0 saturated heterocycles. The van der Waals surface area contributed by atoms with Gasteiger partial charge in [0.25, 0.3) is 0 Å². The zero-order valence-electron chi connectivity index (χ0n) is 22.2. The maximum Gasteiger partial charge on any atom is 0.336 e. The summed E-state index contributed by atoms with van der Waals surface area (Å²) in [6.07, 6.45) is 1.30. The number of benzene rings is 6. The van der Waals surface area contributed by atoms with Crippen molar-refractivity contribution in [2.24, 2.45) is 0 Å². The molecule has 2 N–H and O–H groups in total.